The Hall–Kier alpha value is -2.03. The van der Waals surface area contributed by atoms with Crippen molar-refractivity contribution in [3.8, 4) is 6.07 Å². The third kappa shape index (κ3) is 1.60. The van der Waals surface area contributed by atoms with E-state index in [9.17, 15) is 13.2 Å². The van der Waals surface area contributed by atoms with Gasteiger partial charge in [0.2, 0.25) is 5.76 Å². The first-order chi connectivity index (χ1) is 7.54. The molecule has 0 unspecified atom stereocenters. The third-order valence-electron chi connectivity index (χ3n) is 2.12. The highest BCUT2D eigenvalue weighted by atomic mass is 19.4. The van der Waals surface area contributed by atoms with Gasteiger partial charge in [-0.15, -0.1) is 0 Å². The zero-order valence-corrected chi connectivity index (χ0v) is 7.88. The van der Waals surface area contributed by atoms with Gasteiger partial charge < -0.3 is 4.52 Å². The van der Waals surface area contributed by atoms with Gasteiger partial charge in [-0.3, -0.25) is 0 Å². The van der Waals surface area contributed by atoms with Crippen LogP contribution in [0, 0.1) is 11.3 Å². The molecule has 2 aromatic rings. The van der Waals surface area contributed by atoms with E-state index in [2.05, 4.69) is 9.68 Å². The van der Waals surface area contributed by atoms with Gasteiger partial charge >= 0.3 is 6.18 Å². The molecule has 16 heavy (non-hydrogen) atoms. The second-order valence-electron chi connectivity index (χ2n) is 3.16. The lowest BCUT2D eigenvalue weighted by atomic mass is 10.1. The number of benzene rings is 1. The Kier molecular flexibility index (Phi) is 2.31. The minimum atomic E-state index is -4.57. The fraction of sp³-hybridized carbons (Fsp3) is 0.200. The average molecular weight is 226 g/mol. The minimum absolute atomic E-state index is 0.00116. The summed E-state index contributed by atoms with van der Waals surface area (Å²) in [6.45, 7) is 0. The van der Waals surface area contributed by atoms with Crippen LogP contribution in [-0.4, -0.2) is 5.16 Å². The van der Waals surface area contributed by atoms with E-state index in [1.54, 1.807) is 6.07 Å². The molecule has 1 aromatic carbocycles. The van der Waals surface area contributed by atoms with Crippen LogP contribution in [-0.2, 0) is 12.6 Å². The molecule has 0 aliphatic heterocycles. The number of nitrogens with zero attached hydrogens (tertiary/aromatic N) is 2. The second kappa shape index (κ2) is 3.52. The molecule has 1 aromatic heterocycles. The van der Waals surface area contributed by atoms with Gasteiger partial charge in [-0.25, -0.2) is 0 Å². The summed E-state index contributed by atoms with van der Waals surface area (Å²) in [7, 11) is 0. The standard InChI is InChI=1S/C10H5F3N2O/c11-10(12,13)9-7-3-1-2-6(4-5-14)8(7)15-16-9/h1-3H,4H2. The molecule has 0 atom stereocenters. The average Bonchev–Trinajstić information content (AvgIpc) is 2.62. The van der Waals surface area contributed by atoms with Crippen LogP contribution in [0.5, 0.6) is 0 Å². The summed E-state index contributed by atoms with van der Waals surface area (Å²) in [5.41, 5.74) is 0.524. The number of alkyl halides is 3. The number of hydrogen-bond acceptors (Lipinski definition) is 3. The van der Waals surface area contributed by atoms with Crippen LogP contribution in [0.4, 0.5) is 13.2 Å². The normalized spacial score (nSPS) is 11.6. The zero-order valence-electron chi connectivity index (χ0n) is 7.88. The topological polar surface area (TPSA) is 49.8 Å². The number of rotatable bonds is 1. The van der Waals surface area contributed by atoms with Crippen molar-refractivity contribution in [3.63, 3.8) is 0 Å². The Morgan fingerprint density at radius 2 is 2.12 bits per heavy atom. The van der Waals surface area contributed by atoms with Crippen LogP contribution < -0.4 is 0 Å². The zero-order chi connectivity index (χ0) is 11.8. The molecule has 1 heterocycles. The van der Waals surface area contributed by atoms with Crippen molar-refractivity contribution < 1.29 is 17.7 Å². The highest BCUT2D eigenvalue weighted by molar-refractivity contribution is 5.84. The van der Waals surface area contributed by atoms with Gasteiger partial charge in [0.1, 0.15) is 5.52 Å². The molecule has 0 bridgehead atoms. The van der Waals surface area contributed by atoms with E-state index < -0.39 is 11.9 Å². The van der Waals surface area contributed by atoms with Crippen LogP contribution in [0.1, 0.15) is 11.3 Å². The van der Waals surface area contributed by atoms with Gasteiger partial charge in [0.25, 0.3) is 0 Å². The maximum atomic E-state index is 12.5. The summed E-state index contributed by atoms with van der Waals surface area (Å²) >= 11 is 0. The number of halogens is 3. The van der Waals surface area contributed by atoms with Gasteiger partial charge in [-0.05, 0) is 11.6 Å². The molecule has 0 amide bonds. The first-order valence-corrected chi connectivity index (χ1v) is 4.35. The lowest BCUT2D eigenvalue weighted by Gasteiger charge is -2.00. The Bertz CT molecular complexity index is 565. The van der Waals surface area contributed by atoms with Crippen LogP contribution in [0.3, 0.4) is 0 Å². The maximum Gasteiger partial charge on any atom is 0.453 e. The first-order valence-electron chi connectivity index (χ1n) is 4.35. The molecule has 0 N–H and O–H groups in total. The van der Waals surface area contributed by atoms with E-state index in [-0.39, 0.29) is 17.3 Å². The summed E-state index contributed by atoms with van der Waals surface area (Å²) in [5, 5.41) is 11.8. The first kappa shape index (κ1) is 10.5. The molecule has 0 saturated heterocycles. The van der Waals surface area contributed by atoms with Gasteiger partial charge in [0, 0.05) is 0 Å². The summed E-state index contributed by atoms with van der Waals surface area (Å²) in [5.74, 6) is -1.12. The molecule has 0 aliphatic rings. The molecule has 0 aliphatic carbocycles. The lowest BCUT2D eigenvalue weighted by molar-refractivity contribution is -0.154. The Morgan fingerprint density at radius 3 is 2.75 bits per heavy atom. The maximum absolute atomic E-state index is 12.5. The molecule has 82 valence electrons. The van der Waals surface area contributed by atoms with E-state index in [1.807, 2.05) is 6.07 Å². The van der Waals surface area contributed by atoms with E-state index in [4.69, 9.17) is 5.26 Å². The van der Waals surface area contributed by atoms with Crippen LogP contribution >= 0.6 is 0 Å². The third-order valence-corrected chi connectivity index (χ3v) is 2.12. The fourth-order valence-electron chi connectivity index (χ4n) is 1.46. The van der Waals surface area contributed by atoms with Crippen molar-refractivity contribution in [1.82, 2.24) is 5.16 Å². The molecular weight excluding hydrogens is 221 g/mol. The van der Waals surface area contributed by atoms with Crippen molar-refractivity contribution in [2.45, 2.75) is 12.6 Å². The summed E-state index contributed by atoms with van der Waals surface area (Å²) < 4.78 is 41.7. The molecule has 0 spiro atoms. The number of hydrogen-bond donors (Lipinski definition) is 0. The molecule has 6 heteroatoms. The van der Waals surface area contributed by atoms with Crippen LogP contribution in [0.15, 0.2) is 22.7 Å². The van der Waals surface area contributed by atoms with Crippen molar-refractivity contribution in [2.75, 3.05) is 0 Å². The van der Waals surface area contributed by atoms with E-state index in [1.165, 1.54) is 12.1 Å². The Labute approximate surface area is 88.1 Å². The smallest absolute Gasteiger partial charge is 0.350 e. The van der Waals surface area contributed by atoms with Gasteiger partial charge in [0.05, 0.1) is 17.9 Å². The Balaban J connectivity index is 2.67. The lowest BCUT2D eigenvalue weighted by Crippen LogP contribution is -2.03. The van der Waals surface area contributed by atoms with Crippen molar-refractivity contribution in [1.29, 1.82) is 5.26 Å². The number of nitriles is 1. The van der Waals surface area contributed by atoms with E-state index in [0.717, 1.165) is 0 Å². The van der Waals surface area contributed by atoms with Crippen LogP contribution in [0.2, 0.25) is 0 Å². The molecule has 0 radical (unpaired) electrons. The Morgan fingerprint density at radius 1 is 1.38 bits per heavy atom. The molecular formula is C10H5F3N2O. The quantitative estimate of drug-likeness (QED) is 0.751. The highest BCUT2D eigenvalue weighted by Crippen LogP contribution is 2.35. The van der Waals surface area contributed by atoms with Crippen LogP contribution in [0.25, 0.3) is 10.9 Å². The second-order valence-corrected chi connectivity index (χ2v) is 3.16. The van der Waals surface area contributed by atoms with Crippen molar-refractivity contribution in [3.05, 3.63) is 29.5 Å². The van der Waals surface area contributed by atoms with Crippen molar-refractivity contribution >= 4 is 10.9 Å². The van der Waals surface area contributed by atoms with Crippen molar-refractivity contribution in [2.24, 2.45) is 0 Å². The summed E-state index contributed by atoms with van der Waals surface area (Å²) in [6, 6.07) is 6.13. The largest absolute Gasteiger partial charge is 0.453 e. The van der Waals surface area contributed by atoms with E-state index >= 15 is 0 Å². The number of fused-ring (bicyclic) bond motifs is 1. The fourth-order valence-corrected chi connectivity index (χ4v) is 1.46. The monoisotopic (exact) mass is 226 g/mol. The number of aromatic nitrogens is 1. The highest BCUT2D eigenvalue weighted by Gasteiger charge is 2.38. The predicted octanol–water partition coefficient (Wildman–Crippen LogP) is 2.91. The molecule has 3 nitrogen and oxygen atoms in total. The van der Waals surface area contributed by atoms with E-state index in [0.29, 0.717) is 5.56 Å². The van der Waals surface area contributed by atoms with Gasteiger partial charge in [-0.2, -0.15) is 18.4 Å². The minimum Gasteiger partial charge on any atom is -0.350 e. The molecule has 0 fully saturated rings. The van der Waals surface area contributed by atoms with Gasteiger partial charge in [-0.1, -0.05) is 17.3 Å². The SMILES string of the molecule is N#CCc1cccc2c(C(F)(F)F)onc12. The van der Waals surface area contributed by atoms with Gasteiger partial charge in [0.15, 0.2) is 0 Å². The summed E-state index contributed by atoms with van der Waals surface area (Å²) in [6.07, 6.45) is -4.57. The molecule has 2 rings (SSSR count). The molecule has 0 saturated carbocycles. The predicted molar refractivity (Wildman–Crippen MR) is 48.3 cm³/mol. The summed E-state index contributed by atoms with van der Waals surface area (Å²) in [4.78, 5) is 0.